The molecule has 1 aliphatic heterocycles. The zero-order valence-corrected chi connectivity index (χ0v) is 22.2. The summed E-state index contributed by atoms with van der Waals surface area (Å²) < 4.78 is 0.624. The van der Waals surface area contributed by atoms with Crippen LogP contribution in [0.5, 0.6) is 0 Å². The van der Waals surface area contributed by atoms with Gasteiger partial charge in [-0.05, 0) is 43.2 Å². The third-order valence-electron chi connectivity index (χ3n) is 5.50. The Morgan fingerprint density at radius 3 is 2.58 bits per heavy atom. The molecule has 0 fully saturated rings. The molecule has 1 aromatic carbocycles. The summed E-state index contributed by atoms with van der Waals surface area (Å²) in [6.07, 6.45) is 3.14. The van der Waals surface area contributed by atoms with E-state index in [1.807, 2.05) is 24.3 Å². The van der Waals surface area contributed by atoms with Gasteiger partial charge in [-0.1, -0.05) is 52.9 Å². The van der Waals surface area contributed by atoms with Crippen molar-refractivity contribution in [1.29, 1.82) is 0 Å². The van der Waals surface area contributed by atoms with Gasteiger partial charge in [0, 0.05) is 23.2 Å². The minimum absolute atomic E-state index is 0.0154. The van der Waals surface area contributed by atoms with E-state index in [-0.39, 0.29) is 10.7 Å². The van der Waals surface area contributed by atoms with Crippen molar-refractivity contribution in [3.63, 3.8) is 0 Å². The van der Waals surface area contributed by atoms with E-state index in [4.69, 9.17) is 11.6 Å². The quantitative estimate of drug-likeness (QED) is 0.175. The van der Waals surface area contributed by atoms with Crippen LogP contribution in [0, 0.1) is 13.8 Å². The van der Waals surface area contributed by atoms with Gasteiger partial charge < -0.3 is 5.11 Å². The average Bonchev–Trinajstić information content (AvgIpc) is 3.55. The van der Waals surface area contributed by atoms with Gasteiger partial charge in [0.25, 0.3) is 5.91 Å². The number of rotatable bonds is 7. The van der Waals surface area contributed by atoms with Crippen LogP contribution < -0.4 is 4.90 Å². The van der Waals surface area contributed by atoms with Gasteiger partial charge in [0.05, 0.1) is 27.2 Å². The number of Topliss-reactive ketones (excluding diaryl/α,β-unsaturated/α-hetero) is 1. The first-order valence-corrected chi connectivity index (χ1v) is 13.7. The van der Waals surface area contributed by atoms with Crippen molar-refractivity contribution in [3.05, 3.63) is 91.9 Å². The summed E-state index contributed by atoms with van der Waals surface area (Å²) in [4.78, 5) is 37.0. The maximum absolute atomic E-state index is 13.6. The summed E-state index contributed by atoms with van der Waals surface area (Å²) in [5, 5.41) is 21.0. The summed E-state index contributed by atoms with van der Waals surface area (Å²) >= 11 is 10.1. The van der Waals surface area contributed by atoms with Gasteiger partial charge in [-0.15, -0.1) is 21.5 Å². The number of ketones is 1. The summed E-state index contributed by atoms with van der Waals surface area (Å²) in [5.41, 5.74) is 2.11. The summed E-state index contributed by atoms with van der Waals surface area (Å²) in [6.45, 7) is 3.54. The Labute approximate surface area is 223 Å². The van der Waals surface area contributed by atoms with E-state index in [2.05, 4.69) is 20.2 Å². The third-order valence-corrected chi connectivity index (χ3v) is 9.04. The number of thioether (sulfide) groups is 1. The Hall–Kier alpha value is -3.12. The van der Waals surface area contributed by atoms with Crippen LogP contribution in [0.15, 0.2) is 64.5 Å². The van der Waals surface area contributed by atoms with Crippen molar-refractivity contribution in [1.82, 2.24) is 20.2 Å². The number of hydrogen-bond acceptors (Lipinski definition) is 10. The molecule has 12 heteroatoms. The molecule has 0 saturated heterocycles. The van der Waals surface area contributed by atoms with Crippen molar-refractivity contribution in [2.75, 3.05) is 4.90 Å². The van der Waals surface area contributed by atoms with Gasteiger partial charge >= 0.3 is 0 Å². The molecule has 1 N–H and O–H groups in total. The molecule has 4 heterocycles. The summed E-state index contributed by atoms with van der Waals surface area (Å²) in [6, 6.07) is 10.1. The monoisotopic (exact) mass is 555 g/mol. The number of thiazole rings is 1. The number of anilines is 1. The fraction of sp³-hybridized carbons (Fsp3) is 0.167. The molecule has 4 aromatic rings. The van der Waals surface area contributed by atoms with Crippen molar-refractivity contribution < 1.29 is 14.7 Å². The molecule has 0 aliphatic carbocycles. The van der Waals surface area contributed by atoms with Crippen LogP contribution in [0.1, 0.15) is 37.5 Å². The molecule has 36 heavy (non-hydrogen) atoms. The molecule has 8 nitrogen and oxygen atoms in total. The lowest BCUT2D eigenvalue weighted by Crippen LogP contribution is -2.31. The fourth-order valence-corrected chi connectivity index (χ4v) is 6.90. The highest BCUT2D eigenvalue weighted by Crippen LogP contribution is 2.44. The number of aliphatic hydroxyl groups excluding tert-OH is 1. The second kappa shape index (κ2) is 10.1. The maximum Gasteiger partial charge on any atom is 0.296 e. The van der Waals surface area contributed by atoms with Gasteiger partial charge in [0.15, 0.2) is 10.1 Å². The van der Waals surface area contributed by atoms with Gasteiger partial charge in [0.2, 0.25) is 10.9 Å². The van der Waals surface area contributed by atoms with Crippen LogP contribution in [0.25, 0.3) is 0 Å². The van der Waals surface area contributed by atoms with E-state index in [1.54, 1.807) is 38.4 Å². The first-order valence-electron chi connectivity index (χ1n) is 10.7. The lowest BCUT2D eigenvalue weighted by atomic mass is 9.96. The number of aryl methyl sites for hydroxylation is 2. The first kappa shape index (κ1) is 24.6. The molecule has 1 aliphatic rings. The molecule has 0 spiro atoms. The molecule has 0 radical (unpaired) electrons. The molecular weight excluding hydrogens is 538 g/mol. The second-order valence-electron chi connectivity index (χ2n) is 7.83. The molecule has 1 unspecified atom stereocenters. The smallest absolute Gasteiger partial charge is 0.296 e. The minimum Gasteiger partial charge on any atom is -0.503 e. The van der Waals surface area contributed by atoms with Crippen molar-refractivity contribution in [2.45, 2.75) is 30.0 Å². The number of aliphatic hydroxyl groups is 1. The topological polar surface area (TPSA) is 109 Å². The van der Waals surface area contributed by atoms with Gasteiger partial charge in [-0.25, -0.2) is 4.98 Å². The van der Waals surface area contributed by atoms with E-state index >= 15 is 0 Å². The molecule has 0 bridgehead atoms. The first-order chi connectivity index (χ1) is 17.3. The Bertz CT molecular complexity index is 1500. The van der Waals surface area contributed by atoms with E-state index in [0.29, 0.717) is 31.2 Å². The second-order valence-corrected chi connectivity index (χ2v) is 11.6. The highest BCUT2D eigenvalue weighted by molar-refractivity contribution is 8.00. The Morgan fingerprint density at radius 1 is 1.14 bits per heavy atom. The highest BCUT2D eigenvalue weighted by atomic mass is 35.5. The maximum atomic E-state index is 13.6. The van der Waals surface area contributed by atoms with Crippen LogP contribution in [-0.2, 0) is 10.5 Å². The zero-order valence-electron chi connectivity index (χ0n) is 19.0. The zero-order chi connectivity index (χ0) is 25.4. The number of carbonyl (C=O) groups excluding carboxylic acids is 2. The average molecular weight is 556 g/mol. The molecular formula is C24H18ClN5O3S3. The number of pyridine rings is 1. The SMILES string of the molecule is Cc1nc(C)c(C(=O)C2=C(O)C(=O)N(c3nnc(SCc4ccccc4Cl)s3)C2c2ccncc2)s1. The summed E-state index contributed by atoms with van der Waals surface area (Å²) in [5.74, 6) is -1.18. The number of carbonyl (C=O) groups is 2. The predicted octanol–water partition coefficient (Wildman–Crippen LogP) is 5.74. The molecule has 0 saturated carbocycles. The molecule has 5 rings (SSSR count). The minimum atomic E-state index is -0.885. The Balaban J connectivity index is 1.50. The van der Waals surface area contributed by atoms with Gasteiger partial charge in [-0.2, -0.15) is 0 Å². The Morgan fingerprint density at radius 2 is 1.89 bits per heavy atom. The molecule has 3 aromatic heterocycles. The van der Waals surface area contributed by atoms with E-state index in [1.165, 1.54) is 39.3 Å². The number of benzene rings is 1. The highest BCUT2D eigenvalue weighted by Gasteiger charge is 2.46. The van der Waals surface area contributed by atoms with Crippen molar-refractivity contribution in [2.24, 2.45) is 0 Å². The van der Waals surface area contributed by atoms with Crippen LogP contribution >= 0.6 is 46.0 Å². The lowest BCUT2D eigenvalue weighted by Gasteiger charge is -2.23. The van der Waals surface area contributed by atoms with E-state index in [0.717, 1.165) is 10.6 Å². The van der Waals surface area contributed by atoms with Crippen LogP contribution in [0.3, 0.4) is 0 Å². The van der Waals surface area contributed by atoms with Crippen LogP contribution in [-0.4, -0.2) is 37.0 Å². The van der Waals surface area contributed by atoms with Gasteiger partial charge in [-0.3, -0.25) is 19.5 Å². The largest absolute Gasteiger partial charge is 0.503 e. The van der Waals surface area contributed by atoms with Crippen molar-refractivity contribution in [3.8, 4) is 0 Å². The standard InChI is InChI=1S/C24H18ClN5O3S3/c1-12-21(35-13(2)27-12)19(31)17-18(14-7-9-26-10-8-14)30(22(33)20(17)32)23-28-29-24(36-23)34-11-15-5-3-4-6-16(15)25/h3-10,18,32H,11H2,1-2H3. The fourth-order valence-electron chi connectivity index (χ4n) is 3.87. The summed E-state index contributed by atoms with van der Waals surface area (Å²) in [7, 11) is 0. The third kappa shape index (κ3) is 4.55. The van der Waals surface area contributed by atoms with Crippen LogP contribution in [0.4, 0.5) is 5.13 Å². The Kier molecular flexibility index (Phi) is 6.89. The lowest BCUT2D eigenvalue weighted by molar-refractivity contribution is -0.117. The molecule has 182 valence electrons. The molecule has 1 amide bonds. The number of amides is 1. The number of halogens is 1. The molecule has 1 atom stereocenters. The predicted molar refractivity (Wildman–Crippen MR) is 141 cm³/mol. The number of aromatic nitrogens is 4. The number of hydrogen-bond donors (Lipinski definition) is 1. The van der Waals surface area contributed by atoms with Crippen LogP contribution in [0.2, 0.25) is 5.02 Å². The van der Waals surface area contributed by atoms with Crippen molar-refractivity contribution >= 4 is 62.9 Å². The van der Waals surface area contributed by atoms with Gasteiger partial charge in [0.1, 0.15) is 0 Å². The van der Waals surface area contributed by atoms with E-state index < -0.39 is 23.5 Å². The van der Waals surface area contributed by atoms with E-state index in [9.17, 15) is 14.7 Å². The normalized spacial score (nSPS) is 15.7. The number of nitrogens with zero attached hydrogens (tertiary/aromatic N) is 5.